The van der Waals surface area contributed by atoms with Crippen LogP contribution in [0.4, 0.5) is 0 Å². The zero-order valence-corrected chi connectivity index (χ0v) is 9.87. The van der Waals surface area contributed by atoms with Crippen LogP contribution in [0.1, 0.15) is 0 Å². The van der Waals surface area contributed by atoms with E-state index in [4.69, 9.17) is 13.3 Å². The minimum atomic E-state index is -2.61. The van der Waals surface area contributed by atoms with Crippen LogP contribution in [0.25, 0.3) is 0 Å². The SMILES string of the molecule is O=S(O)O.[BaH2].[Cd].[SeH2]. The van der Waals surface area contributed by atoms with Gasteiger partial charge in [-0.1, -0.05) is 0 Å². The molecule has 0 aromatic carbocycles. The fraction of sp³-hybridized carbons (Fsp3) is 0. The van der Waals surface area contributed by atoms with E-state index in [1.165, 1.54) is 0 Å². The first-order valence-corrected chi connectivity index (χ1v) is 1.60. The second-order valence-corrected chi connectivity index (χ2v) is 0.692. The average Bonchev–Trinajstić information content (AvgIpc) is 0.811. The van der Waals surface area contributed by atoms with E-state index in [-0.39, 0.29) is 93.2 Å². The summed E-state index contributed by atoms with van der Waals surface area (Å²) in [6, 6.07) is 0. The molecule has 0 aromatic heterocycles. The molecule has 0 radical (unpaired) electrons. The van der Waals surface area contributed by atoms with Gasteiger partial charge in [0, 0.05) is 27.3 Å². The van der Waals surface area contributed by atoms with Crippen LogP contribution in [0.15, 0.2) is 0 Å². The summed E-state index contributed by atoms with van der Waals surface area (Å²) in [4.78, 5) is 0. The Labute approximate surface area is 115 Å². The zero-order valence-electron chi connectivity index (χ0n) is 2.92. The first-order chi connectivity index (χ1) is 1.73. The Morgan fingerprint density at radius 3 is 1.29 bits per heavy atom. The average molecular weight is 415 g/mol. The predicted molar refractivity (Wildman–Crippen MR) is 30.5 cm³/mol. The Bertz CT molecular complexity index is 37.9. The van der Waals surface area contributed by atoms with Crippen molar-refractivity contribution >= 4 is 77.3 Å². The molecular weight excluding hydrogens is 409 g/mol. The van der Waals surface area contributed by atoms with Gasteiger partial charge in [-0.15, -0.1) is 0 Å². The molecule has 0 aromatic rings. The molecule has 40 valence electrons. The summed E-state index contributed by atoms with van der Waals surface area (Å²) in [5.41, 5.74) is 0. The quantitative estimate of drug-likeness (QED) is 0.351. The zero-order chi connectivity index (χ0) is 3.58. The molecule has 0 unspecified atom stereocenters. The Kier molecular flexibility index (Phi) is 51.5. The fourth-order valence-electron chi connectivity index (χ4n) is 0. The molecule has 0 rings (SSSR count). The number of hydrogen-bond donors (Lipinski definition) is 2. The molecule has 0 fully saturated rings. The predicted octanol–water partition coefficient (Wildman–Crippen LogP) is -2.15. The van der Waals surface area contributed by atoms with Gasteiger partial charge in [0.05, 0.1) is 0 Å². The van der Waals surface area contributed by atoms with Gasteiger partial charge in [-0.3, -0.25) is 9.11 Å². The molecule has 0 spiro atoms. The monoisotopic (exact) mass is 418 g/mol. The molecule has 0 aliphatic carbocycles. The van der Waals surface area contributed by atoms with Crippen LogP contribution in [-0.4, -0.2) is 79.3 Å². The van der Waals surface area contributed by atoms with Crippen LogP contribution in [0, 0.1) is 0 Å². The summed E-state index contributed by atoms with van der Waals surface area (Å²) in [5, 5.41) is 0. The summed E-state index contributed by atoms with van der Waals surface area (Å²) in [7, 11) is 0. The van der Waals surface area contributed by atoms with Crippen LogP contribution >= 0.6 is 0 Å². The van der Waals surface area contributed by atoms with Gasteiger partial charge in [0.2, 0.25) is 0 Å². The Hall–Kier alpha value is 3.08. The van der Waals surface area contributed by atoms with E-state index >= 15 is 0 Å². The van der Waals surface area contributed by atoms with Crippen LogP contribution in [-0.2, 0) is 38.7 Å². The molecule has 0 saturated carbocycles. The van der Waals surface area contributed by atoms with Gasteiger partial charge < -0.3 is 0 Å². The molecule has 7 heteroatoms. The van der Waals surface area contributed by atoms with Crippen molar-refractivity contribution in [1.29, 1.82) is 0 Å². The van der Waals surface area contributed by atoms with E-state index in [0.717, 1.165) is 0 Å². The summed E-state index contributed by atoms with van der Waals surface area (Å²) in [6.07, 6.45) is 0. The topological polar surface area (TPSA) is 57.5 Å². The van der Waals surface area contributed by atoms with Crippen molar-refractivity contribution in [1.82, 2.24) is 0 Å². The molecule has 7 heavy (non-hydrogen) atoms. The fourth-order valence-corrected chi connectivity index (χ4v) is 0. The normalized spacial score (nSPS) is 5.00. The van der Waals surface area contributed by atoms with Crippen molar-refractivity contribution in [3.8, 4) is 0 Å². The molecule has 0 heterocycles. The third-order valence-corrected chi connectivity index (χ3v) is 0. The Morgan fingerprint density at radius 1 is 1.29 bits per heavy atom. The third kappa shape index (κ3) is 47.9. The summed E-state index contributed by atoms with van der Waals surface area (Å²) in [6.45, 7) is 0. The molecule has 2 N–H and O–H groups in total. The van der Waals surface area contributed by atoms with Gasteiger partial charge in [-0.2, -0.15) is 4.21 Å². The molecule has 0 bridgehead atoms. The van der Waals surface area contributed by atoms with Gasteiger partial charge in [0.15, 0.2) is 0 Å². The van der Waals surface area contributed by atoms with Gasteiger partial charge in [-0.25, -0.2) is 0 Å². The molecule has 0 atom stereocenters. The third-order valence-electron chi connectivity index (χ3n) is 0. The molecule has 0 amide bonds. The van der Waals surface area contributed by atoms with Gasteiger partial charge in [0.1, 0.15) is 0 Å². The standard InChI is InChI=1S/Ba.Cd.H2O3S.H2Se.2H/c;;1-4(2)3;;;/h;;(H2,1,2,3);1H2;;. The van der Waals surface area contributed by atoms with Crippen molar-refractivity contribution in [3.05, 3.63) is 0 Å². The van der Waals surface area contributed by atoms with Crippen molar-refractivity contribution in [3.63, 3.8) is 0 Å². The van der Waals surface area contributed by atoms with Crippen molar-refractivity contribution < 1.29 is 40.6 Å². The first-order valence-electron chi connectivity index (χ1n) is 0.532. The summed E-state index contributed by atoms with van der Waals surface area (Å²) < 4.78 is 22.8. The first kappa shape index (κ1) is 22.5. The van der Waals surface area contributed by atoms with E-state index in [0.29, 0.717) is 0 Å². The van der Waals surface area contributed by atoms with E-state index in [1.807, 2.05) is 0 Å². The van der Waals surface area contributed by atoms with Gasteiger partial charge >= 0.3 is 65.9 Å². The van der Waals surface area contributed by atoms with Crippen LogP contribution in [0.3, 0.4) is 0 Å². The molecule has 0 saturated heterocycles. The summed E-state index contributed by atoms with van der Waals surface area (Å²) >= 11 is -2.61. The summed E-state index contributed by atoms with van der Waals surface area (Å²) in [5.74, 6) is 0. The van der Waals surface area contributed by atoms with Crippen molar-refractivity contribution in [2.45, 2.75) is 0 Å². The molecule has 0 aliphatic rings. The van der Waals surface area contributed by atoms with Crippen LogP contribution in [0.2, 0.25) is 0 Å². The Morgan fingerprint density at radius 2 is 1.29 bits per heavy atom. The van der Waals surface area contributed by atoms with E-state index in [2.05, 4.69) is 0 Å². The second kappa shape index (κ2) is 16.0. The maximum absolute atomic E-state index is 8.67. The second-order valence-electron chi connectivity index (χ2n) is 0.231. The molecular formula is H6BaCdO3SSe. The van der Waals surface area contributed by atoms with Gasteiger partial charge in [-0.05, 0) is 0 Å². The molecule has 0 aliphatic heterocycles. The van der Waals surface area contributed by atoms with Crippen LogP contribution in [0.5, 0.6) is 0 Å². The van der Waals surface area contributed by atoms with E-state index < -0.39 is 11.4 Å². The van der Waals surface area contributed by atoms with Gasteiger partial charge in [0.25, 0.3) is 11.4 Å². The maximum atomic E-state index is 8.67. The van der Waals surface area contributed by atoms with E-state index in [1.54, 1.807) is 0 Å². The van der Waals surface area contributed by atoms with Crippen molar-refractivity contribution in [2.75, 3.05) is 0 Å². The van der Waals surface area contributed by atoms with E-state index in [9.17, 15) is 0 Å². The number of hydrogen-bond acceptors (Lipinski definition) is 1. The minimum absolute atomic E-state index is 0. The van der Waals surface area contributed by atoms with Crippen molar-refractivity contribution in [2.24, 2.45) is 0 Å². The number of rotatable bonds is 0. The Balaban J connectivity index is -0.0000000150. The molecule has 3 nitrogen and oxygen atoms in total. The van der Waals surface area contributed by atoms with Crippen LogP contribution < -0.4 is 0 Å².